The van der Waals surface area contributed by atoms with Gasteiger partial charge < -0.3 is 10.4 Å². The van der Waals surface area contributed by atoms with Crippen LogP contribution < -0.4 is 5.32 Å². The van der Waals surface area contributed by atoms with Crippen molar-refractivity contribution in [3.63, 3.8) is 0 Å². The molecule has 0 spiro atoms. The summed E-state index contributed by atoms with van der Waals surface area (Å²) in [6, 6.07) is -0.233. The Morgan fingerprint density at radius 3 is 2.81 bits per heavy atom. The van der Waals surface area contributed by atoms with Gasteiger partial charge in [-0.25, -0.2) is 4.98 Å². The van der Waals surface area contributed by atoms with Crippen LogP contribution in [0.4, 0.5) is 0 Å². The quantitative estimate of drug-likeness (QED) is 0.769. The second kappa shape index (κ2) is 7.75. The molecule has 0 unspecified atom stereocenters. The van der Waals surface area contributed by atoms with E-state index in [0.717, 1.165) is 25.7 Å². The number of aryl methyl sites for hydroxylation is 1. The SMILES string of the molecule is O=C(CCCn1cncn1)N[C@H]1CCCCC[C@H]1C(=O)O. The highest BCUT2D eigenvalue weighted by atomic mass is 16.4. The van der Waals surface area contributed by atoms with E-state index < -0.39 is 11.9 Å². The van der Waals surface area contributed by atoms with E-state index in [0.29, 0.717) is 25.8 Å². The summed E-state index contributed by atoms with van der Waals surface area (Å²) in [5.74, 6) is -1.33. The van der Waals surface area contributed by atoms with E-state index in [9.17, 15) is 14.7 Å². The van der Waals surface area contributed by atoms with Gasteiger partial charge in [-0.15, -0.1) is 0 Å². The van der Waals surface area contributed by atoms with Crippen molar-refractivity contribution in [3.8, 4) is 0 Å². The van der Waals surface area contributed by atoms with Crippen LogP contribution in [0.5, 0.6) is 0 Å². The van der Waals surface area contributed by atoms with Crippen LogP contribution in [0.15, 0.2) is 12.7 Å². The van der Waals surface area contributed by atoms with Crippen LogP contribution in [0.1, 0.15) is 44.9 Å². The first kappa shape index (κ1) is 15.5. The molecule has 1 heterocycles. The van der Waals surface area contributed by atoms with Gasteiger partial charge in [-0.2, -0.15) is 5.10 Å². The average molecular weight is 294 g/mol. The van der Waals surface area contributed by atoms with Crippen molar-refractivity contribution in [2.45, 2.75) is 57.5 Å². The van der Waals surface area contributed by atoms with Crippen LogP contribution in [0.3, 0.4) is 0 Å². The molecule has 1 saturated carbocycles. The molecule has 2 N–H and O–H groups in total. The molecule has 21 heavy (non-hydrogen) atoms. The molecule has 2 atom stereocenters. The smallest absolute Gasteiger partial charge is 0.308 e. The summed E-state index contributed by atoms with van der Waals surface area (Å²) in [5.41, 5.74) is 0. The van der Waals surface area contributed by atoms with Gasteiger partial charge in [0.25, 0.3) is 0 Å². The molecule has 0 radical (unpaired) electrons. The zero-order chi connectivity index (χ0) is 15.1. The van der Waals surface area contributed by atoms with Crippen molar-refractivity contribution in [2.24, 2.45) is 5.92 Å². The van der Waals surface area contributed by atoms with Gasteiger partial charge in [0.1, 0.15) is 12.7 Å². The standard InChI is InChI=1S/C14H22N4O3/c19-13(7-4-8-18-10-15-9-16-18)17-12-6-3-1-2-5-11(12)14(20)21/h9-12H,1-8H2,(H,17,19)(H,20,21)/t11-,12+/m1/s1. The van der Waals surface area contributed by atoms with Gasteiger partial charge in [0, 0.05) is 19.0 Å². The van der Waals surface area contributed by atoms with Crippen LogP contribution in [-0.2, 0) is 16.1 Å². The molecule has 116 valence electrons. The van der Waals surface area contributed by atoms with Crippen LogP contribution in [0, 0.1) is 5.92 Å². The highest BCUT2D eigenvalue weighted by molar-refractivity contribution is 5.78. The highest BCUT2D eigenvalue weighted by Crippen LogP contribution is 2.24. The van der Waals surface area contributed by atoms with Crippen LogP contribution in [-0.4, -0.2) is 37.8 Å². The molecule has 1 amide bonds. The molecular weight excluding hydrogens is 272 g/mol. The number of hydrogen-bond acceptors (Lipinski definition) is 4. The minimum atomic E-state index is -0.801. The summed E-state index contributed by atoms with van der Waals surface area (Å²) in [6.45, 7) is 0.639. The molecule has 1 aliphatic carbocycles. The van der Waals surface area contributed by atoms with Crippen molar-refractivity contribution in [1.29, 1.82) is 0 Å². The van der Waals surface area contributed by atoms with E-state index in [2.05, 4.69) is 15.4 Å². The Kier molecular flexibility index (Phi) is 5.71. The number of aliphatic carboxylic acids is 1. The summed E-state index contributed by atoms with van der Waals surface area (Å²) in [4.78, 5) is 27.1. The molecule has 1 aromatic rings. The largest absolute Gasteiger partial charge is 0.481 e. The number of hydrogen-bond donors (Lipinski definition) is 2. The zero-order valence-electron chi connectivity index (χ0n) is 12.1. The molecule has 7 nitrogen and oxygen atoms in total. The van der Waals surface area contributed by atoms with Gasteiger partial charge in [-0.05, 0) is 19.3 Å². The van der Waals surface area contributed by atoms with Crippen molar-refractivity contribution in [1.82, 2.24) is 20.1 Å². The van der Waals surface area contributed by atoms with Crippen molar-refractivity contribution in [3.05, 3.63) is 12.7 Å². The lowest BCUT2D eigenvalue weighted by Crippen LogP contribution is -2.42. The molecular formula is C14H22N4O3. The fraction of sp³-hybridized carbons (Fsp3) is 0.714. The van der Waals surface area contributed by atoms with E-state index in [1.165, 1.54) is 6.33 Å². The molecule has 0 aliphatic heterocycles. The molecule has 1 aliphatic rings. The van der Waals surface area contributed by atoms with Gasteiger partial charge in [-0.1, -0.05) is 19.3 Å². The maximum Gasteiger partial charge on any atom is 0.308 e. The number of amides is 1. The molecule has 1 aromatic heterocycles. The van der Waals surface area contributed by atoms with Crippen LogP contribution >= 0.6 is 0 Å². The monoisotopic (exact) mass is 294 g/mol. The Hall–Kier alpha value is -1.92. The third kappa shape index (κ3) is 4.84. The Morgan fingerprint density at radius 2 is 2.10 bits per heavy atom. The highest BCUT2D eigenvalue weighted by Gasteiger charge is 2.30. The zero-order valence-corrected chi connectivity index (χ0v) is 12.1. The number of nitrogens with one attached hydrogen (secondary N) is 1. The number of nitrogens with zero attached hydrogens (tertiary/aromatic N) is 3. The number of aromatic nitrogens is 3. The second-order valence-corrected chi connectivity index (χ2v) is 5.52. The lowest BCUT2D eigenvalue weighted by atomic mass is 9.94. The lowest BCUT2D eigenvalue weighted by molar-refractivity contribution is -0.143. The minimum absolute atomic E-state index is 0.0757. The number of rotatable bonds is 6. The summed E-state index contributed by atoms with van der Waals surface area (Å²) in [7, 11) is 0. The predicted molar refractivity (Wildman–Crippen MR) is 75.4 cm³/mol. The van der Waals surface area contributed by atoms with E-state index in [-0.39, 0.29) is 11.9 Å². The topological polar surface area (TPSA) is 97.1 Å². The van der Waals surface area contributed by atoms with E-state index >= 15 is 0 Å². The number of carbonyl (C=O) groups is 2. The fourth-order valence-corrected chi connectivity index (χ4v) is 2.80. The summed E-state index contributed by atoms with van der Waals surface area (Å²) in [5, 5.41) is 16.2. The third-order valence-electron chi connectivity index (χ3n) is 3.94. The normalized spacial score (nSPS) is 22.5. The Balaban J connectivity index is 1.77. The Labute approximate surface area is 123 Å². The first-order chi connectivity index (χ1) is 10.2. The maximum atomic E-state index is 12.0. The molecule has 7 heteroatoms. The van der Waals surface area contributed by atoms with Gasteiger partial charge >= 0.3 is 5.97 Å². The lowest BCUT2D eigenvalue weighted by Gasteiger charge is -2.22. The van der Waals surface area contributed by atoms with E-state index in [1.54, 1.807) is 11.0 Å². The molecule has 1 fully saturated rings. The summed E-state index contributed by atoms with van der Waals surface area (Å²) in [6.07, 6.45) is 8.48. The molecule has 2 rings (SSSR count). The Bertz CT molecular complexity index is 461. The average Bonchev–Trinajstić information content (AvgIpc) is 2.84. The van der Waals surface area contributed by atoms with Crippen LogP contribution in [0.2, 0.25) is 0 Å². The second-order valence-electron chi connectivity index (χ2n) is 5.52. The first-order valence-corrected chi connectivity index (χ1v) is 7.51. The number of carboxylic acids is 1. The summed E-state index contributed by atoms with van der Waals surface area (Å²) < 4.78 is 1.68. The van der Waals surface area contributed by atoms with Crippen molar-refractivity contribution < 1.29 is 14.7 Å². The van der Waals surface area contributed by atoms with Crippen LogP contribution in [0.25, 0.3) is 0 Å². The van der Waals surface area contributed by atoms with Gasteiger partial charge in [0.15, 0.2) is 0 Å². The van der Waals surface area contributed by atoms with Gasteiger partial charge in [-0.3, -0.25) is 14.3 Å². The number of carbonyl (C=O) groups excluding carboxylic acids is 1. The van der Waals surface area contributed by atoms with Crippen molar-refractivity contribution >= 4 is 11.9 Å². The van der Waals surface area contributed by atoms with E-state index in [1.807, 2.05) is 0 Å². The molecule has 0 aromatic carbocycles. The van der Waals surface area contributed by atoms with Gasteiger partial charge in [0.05, 0.1) is 5.92 Å². The predicted octanol–water partition coefficient (Wildman–Crippen LogP) is 1.21. The van der Waals surface area contributed by atoms with E-state index in [4.69, 9.17) is 0 Å². The fourth-order valence-electron chi connectivity index (χ4n) is 2.80. The number of carboxylic acid groups (broad SMARTS) is 1. The molecule has 0 saturated heterocycles. The third-order valence-corrected chi connectivity index (χ3v) is 3.94. The Morgan fingerprint density at radius 1 is 1.29 bits per heavy atom. The first-order valence-electron chi connectivity index (χ1n) is 7.51. The molecule has 0 bridgehead atoms. The minimum Gasteiger partial charge on any atom is -0.481 e. The van der Waals surface area contributed by atoms with Crippen molar-refractivity contribution in [2.75, 3.05) is 0 Å². The summed E-state index contributed by atoms with van der Waals surface area (Å²) >= 11 is 0. The maximum absolute atomic E-state index is 12.0. The van der Waals surface area contributed by atoms with Gasteiger partial charge in [0.2, 0.25) is 5.91 Å².